The fraction of sp³-hybridized carbons (Fsp3) is 0. The van der Waals surface area contributed by atoms with Crippen LogP contribution in [0.2, 0.25) is 5.02 Å². The Kier molecular flexibility index (Phi) is 4.65. The Balaban J connectivity index is 1.74. The first-order valence-corrected chi connectivity index (χ1v) is 9.59. The highest BCUT2D eigenvalue weighted by Gasteiger charge is 2.34. The molecular weight excluding hydrogens is 402 g/mol. The van der Waals surface area contributed by atoms with E-state index in [9.17, 15) is 9.59 Å². The maximum Gasteiger partial charge on any atom is 0.270 e. The minimum absolute atomic E-state index is 0.0226. The van der Waals surface area contributed by atoms with Gasteiger partial charge in [-0.3, -0.25) is 19.8 Å². The zero-order valence-electron chi connectivity index (χ0n) is 13.8. The smallest absolute Gasteiger partial charge is 0.270 e. The second-order valence-corrected chi connectivity index (χ2v) is 7.47. The summed E-state index contributed by atoms with van der Waals surface area (Å²) in [5.41, 5.74) is 1.45. The molecule has 8 heteroatoms. The van der Waals surface area contributed by atoms with Crippen LogP contribution in [-0.4, -0.2) is 21.5 Å². The van der Waals surface area contributed by atoms with Gasteiger partial charge in [0.25, 0.3) is 11.8 Å². The molecule has 1 aliphatic rings. The van der Waals surface area contributed by atoms with Gasteiger partial charge in [-0.25, -0.2) is 0 Å². The summed E-state index contributed by atoms with van der Waals surface area (Å²) in [5.74, 6) is -0.986. The summed E-state index contributed by atoms with van der Waals surface area (Å²) in [7, 11) is 0. The third-order valence-electron chi connectivity index (χ3n) is 4.02. The van der Waals surface area contributed by atoms with Crippen molar-refractivity contribution in [2.45, 2.75) is 0 Å². The van der Waals surface area contributed by atoms with Crippen molar-refractivity contribution in [2.24, 2.45) is 0 Å². The summed E-state index contributed by atoms with van der Waals surface area (Å²) in [6.45, 7) is 0. The van der Waals surface area contributed by atoms with Gasteiger partial charge in [0.2, 0.25) is 0 Å². The largest absolute Gasteiger partial charge is 0.322 e. The van der Waals surface area contributed by atoms with Crippen molar-refractivity contribution in [3.63, 3.8) is 0 Å². The number of anilines is 1. The molecule has 0 atom stereocenters. The number of halogens is 1. The average Bonchev–Trinajstić information content (AvgIpc) is 3.31. The molecule has 5 nitrogen and oxygen atoms in total. The zero-order valence-corrected chi connectivity index (χ0v) is 16.1. The van der Waals surface area contributed by atoms with Crippen molar-refractivity contribution in [1.82, 2.24) is 9.88 Å². The van der Waals surface area contributed by atoms with E-state index >= 15 is 0 Å². The molecule has 27 heavy (non-hydrogen) atoms. The maximum atomic E-state index is 13.0. The van der Waals surface area contributed by atoms with E-state index in [1.54, 1.807) is 30.3 Å². The van der Waals surface area contributed by atoms with Crippen molar-refractivity contribution in [3.05, 3.63) is 75.7 Å². The number of rotatable bonds is 3. The van der Waals surface area contributed by atoms with Crippen LogP contribution < -0.4 is 10.2 Å². The second kappa shape index (κ2) is 7.11. The molecule has 1 aliphatic heterocycles. The lowest BCUT2D eigenvalue weighted by Crippen LogP contribution is -2.54. The first-order valence-electron chi connectivity index (χ1n) is 7.92. The minimum atomic E-state index is -0.512. The SMILES string of the molecule is O=C1NC(=S)N(c2ccc(Cl)cc2)C(=O)C1=Cc1sccc1-n1cccc1. The summed E-state index contributed by atoms with van der Waals surface area (Å²) >= 11 is 12.6. The van der Waals surface area contributed by atoms with Crippen molar-refractivity contribution in [3.8, 4) is 5.69 Å². The summed E-state index contributed by atoms with van der Waals surface area (Å²) in [4.78, 5) is 27.6. The predicted octanol–water partition coefficient (Wildman–Crippen LogP) is 4.02. The van der Waals surface area contributed by atoms with E-state index in [2.05, 4.69) is 5.32 Å². The van der Waals surface area contributed by atoms with Crippen molar-refractivity contribution in [2.75, 3.05) is 4.90 Å². The van der Waals surface area contributed by atoms with E-state index < -0.39 is 11.8 Å². The van der Waals surface area contributed by atoms with Crippen LogP contribution in [0.25, 0.3) is 11.8 Å². The first kappa shape index (κ1) is 17.7. The minimum Gasteiger partial charge on any atom is -0.322 e. The number of nitrogens with zero attached hydrogens (tertiary/aromatic N) is 2. The number of nitrogens with one attached hydrogen (secondary N) is 1. The zero-order chi connectivity index (χ0) is 19.0. The van der Waals surface area contributed by atoms with Gasteiger partial charge in [-0.2, -0.15) is 0 Å². The topological polar surface area (TPSA) is 54.3 Å². The maximum absolute atomic E-state index is 13.0. The lowest BCUT2D eigenvalue weighted by molar-refractivity contribution is -0.122. The average molecular weight is 414 g/mol. The molecule has 2 amide bonds. The lowest BCUT2D eigenvalue weighted by atomic mass is 10.1. The van der Waals surface area contributed by atoms with Crippen molar-refractivity contribution >= 4 is 63.8 Å². The van der Waals surface area contributed by atoms with E-state index in [1.165, 1.54) is 16.2 Å². The van der Waals surface area contributed by atoms with Crippen LogP contribution >= 0.6 is 35.2 Å². The van der Waals surface area contributed by atoms with E-state index in [4.69, 9.17) is 23.8 Å². The molecule has 0 aliphatic carbocycles. The molecule has 1 fully saturated rings. The fourth-order valence-corrected chi connectivity index (χ4v) is 3.97. The van der Waals surface area contributed by atoms with Gasteiger partial charge in [0.05, 0.1) is 16.3 Å². The third-order valence-corrected chi connectivity index (χ3v) is 5.41. The van der Waals surface area contributed by atoms with Crippen LogP contribution in [0.15, 0.2) is 65.8 Å². The fourth-order valence-electron chi connectivity index (χ4n) is 2.74. The Morgan fingerprint density at radius 2 is 1.78 bits per heavy atom. The van der Waals surface area contributed by atoms with Gasteiger partial charge >= 0.3 is 0 Å². The number of amides is 2. The highest BCUT2D eigenvalue weighted by atomic mass is 35.5. The second-order valence-electron chi connectivity index (χ2n) is 5.69. The van der Waals surface area contributed by atoms with Crippen LogP contribution in [0.5, 0.6) is 0 Å². The monoisotopic (exact) mass is 413 g/mol. The molecule has 0 saturated carbocycles. The normalized spacial score (nSPS) is 16.1. The van der Waals surface area contributed by atoms with Crippen LogP contribution in [0.1, 0.15) is 4.88 Å². The number of thiophene rings is 1. The van der Waals surface area contributed by atoms with Gasteiger partial charge in [-0.1, -0.05) is 11.6 Å². The Morgan fingerprint density at radius 1 is 1.07 bits per heavy atom. The predicted molar refractivity (Wildman–Crippen MR) is 111 cm³/mol. The molecule has 1 saturated heterocycles. The Bertz CT molecular complexity index is 1070. The van der Waals surface area contributed by atoms with E-state index in [-0.39, 0.29) is 10.7 Å². The van der Waals surface area contributed by atoms with Gasteiger partial charge in [0.1, 0.15) is 5.57 Å². The number of hydrogen-bond donors (Lipinski definition) is 1. The summed E-state index contributed by atoms with van der Waals surface area (Å²) in [6.07, 6.45) is 5.41. The Morgan fingerprint density at radius 3 is 2.48 bits per heavy atom. The molecule has 0 radical (unpaired) electrons. The number of carbonyl (C=O) groups is 2. The number of aromatic nitrogens is 1. The number of benzene rings is 1. The molecule has 1 N–H and O–H groups in total. The molecule has 0 unspecified atom stereocenters. The molecule has 4 rings (SSSR count). The van der Waals surface area contributed by atoms with E-state index in [1.807, 2.05) is 40.5 Å². The van der Waals surface area contributed by atoms with E-state index in [0.717, 1.165) is 10.6 Å². The van der Waals surface area contributed by atoms with Gasteiger partial charge in [-0.15, -0.1) is 11.3 Å². The number of thiocarbonyl (C=S) groups is 1. The molecule has 3 heterocycles. The summed E-state index contributed by atoms with van der Waals surface area (Å²) in [6, 6.07) is 12.4. The lowest BCUT2D eigenvalue weighted by Gasteiger charge is -2.28. The highest BCUT2D eigenvalue weighted by molar-refractivity contribution is 7.80. The highest BCUT2D eigenvalue weighted by Crippen LogP contribution is 2.27. The van der Waals surface area contributed by atoms with Gasteiger partial charge in [0, 0.05) is 17.4 Å². The summed E-state index contributed by atoms with van der Waals surface area (Å²) < 4.78 is 1.93. The first-order chi connectivity index (χ1) is 13.0. The van der Waals surface area contributed by atoms with Gasteiger partial charge in [-0.05, 0) is 66.1 Å². The van der Waals surface area contributed by atoms with Crippen LogP contribution in [0, 0.1) is 0 Å². The summed E-state index contributed by atoms with van der Waals surface area (Å²) in [5, 5.41) is 5.08. The third kappa shape index (κ3) is 3.32. The molecule has 134 valence electrons. The van der Waals surface area contributed by atoms with Crippen molar-refractivity contribution < 1.29 is 9.59 Å². The van der Waals surface area contributed by atoms with Crippen molar-refractivity contribution in [1.29, 1.82) is 0 Å². The van der Waals surface area contributed by atoms with Crippen LogP contribution in [0.3, 0.4) is 0 Å². The quantitative estimate of drug-likeness (QED) is 0.401. The van der Waals surface area contributed by atoms with E-state index in [0.29, 0.717) is 10.7 Å². The number of carbonyl (C=O) groups excluding carboxylic acids is 2. The molecule has 0 bridgehead atoms. The standard InChI is InChI=1S/C19H12ClN3O2S2/c20-12-3-5-13(6-4-12)23-18(25)14(17(24)21-19(23)26)11-16-15(7-10-27-16)22-8-1-2-9-22/h1-11H,(H,21,24,26). The molecule has 1 aromatic carbocycles. The van der Waals surface area contributed by atoms with Crippen LogP contribution in [-0.2, 0) is 9.59 Å². The van der Waals surface area contributed by atoms with Gasteiger partial charge < -0.3 is 4.57 Å². The van der Waals surface area contributed by atoms with Crippen LogP contribution in [0.4, 0.5) is 5.69 Å². The molecule has 2 aromatic heterocycles. The Hall–Kier alpha value is -2.74. The molecule has 0 spiro atoms. The Labute approximate surface area is 169 Å². The molecule has 3 aromatic rings. The number of hydrogen-bond acceptors (Lipinski definition) is 4. The molecular formula is C19H12ClN3O2S2. The van der Waals surface area contributed by atoms with Gasteiger partial charge in [0.15, 0.2) is 5.11 Å².